The number of benzene rings is 1. The Hall–Kier alpha value is -1.60. The number of carbonyl (C=O) groups is 1. The normalized spacial score (nSPS) is 19.0. The molecular weight excluding hydrogens is 333 g/mol. The quantitative estimate of drug-likeness (QED) is 0.849. The predicted molar refractivity (Wildman–Crippen MR) is 89.0 cm³/mol. The van der Waals surface area contributed by atoms with Crippen molar-refractivity contribution >= 4 is 5.91 Å². The Balaban J connectivity index is 1.86. The summed E-state index contributed by atoms with van der Waals surface area (Å²) < 4.78 is 38.3. The summed E-state index contributed by atoms with van der Waals surface area (Å²) in [7, 11) is 1.68. The second-order valence-electron chi connectivity index (χ2n) is 6.69. The molecule has 0 aliphatic carbocycles. The van der Waals surface area contributed by atoms with Gasteiger partial charge in [0.05, 0.1) is 5.56 Å². The number of alkyl halides is 3. The molecule has 1 atom stereocenters. The van der Waals surface area contributed by atoms with Crippen molar-refractivity contribution in [3.05, 3.63) is 35.4 Å². The lowest BCUT2D eigenvalue weighted by atomic mass is 9.97. The second-order valence-corrected chi connectivity index (χ2v) is 6.69. The van der Waals surface area contributed by atoms with Crippen molar-refractivity contribution in [2.24, 2.45) is 5.92 Å². The van der Waals surface area contributed by atoms with Gasteiger partial charge in [-0.05, 0) is 43.4 Å². The van der Waals surface area contributed by atoms with Gasteiger partial charge in [-0.25, -0.2) is 0 Å². The van der Waals surface area contributed by atoms with Gasteiger partial charge in [0.25, 0.3) is 0 Å². The van der Waals surface area contributed by atoms with Crippen LogP contribution in [0.25, 0.3) is 0 Å². The second kappa shape index (κ2) is 8.67. The van der Waals surface area contributed by atoms with Crippen LogP contribution in [0.5, 0.6) is 0 Å². The highest BCUT2D eigenvalue weighted by Gasteiger charge is 2.30. The zero-order valence-corrected chi connectivity index (χ0v) is 14.4. The number of amides is 1. The molecule has 25 heavy (non-hydrogen) atoms. The van der Waals surface area contributed by atoms with E-state index < -0.39 is 18.3 Å². The molecule has 1 aliphatic heterocycles. The fourth-order valence-electron chi connectivity index (χ4n) is 3.30. The van der Waals surface area contributed by atoms with Crippen molar-refractivity contribution in [1.82, 2.24) is 9.80 Å². The first-order valence-corrected chi connectivity index (χ1v) is 8.53. The highest BCUT2D eigenvalue weighted by molar-refractivity contribution is 5.76. The lowest BCUT2D eigenvalue weighted by Gasteiger charge is -2.34. The van der Waals surface area contributed by atoms with Crippen LogP contribution in [0.1, 0.15) is 24.0 Å². The minimum absolute atomic E-state index is 0.291. The first-order valence-electron chi connectivity index (χ1n) is 8.53. The van der Waals surface area contributed by atoms with E-state index in [9.17, 15) is 18.0 Å². The van der Waals surface area contributed by atoms with E-state index in [0.29, 0.717) is 31.0 Å². The number of carbonyl (C=O) groups excluding carboxylic acids is 1. The van der Waals surface area contributed by atoms with Gasteiger partial charge in [0.15, 0.2) is 0 Å². The maximum atomic E-state index is 12.8. The summed E-state index contributed by atoms with van der Waals surface area (Å²) >= 11 is 0. The number of aliphatic hydroxyl groups is 1. The highest BCUT2D eigenvalue weighted by atomic mass is 19.4. The third-order valence-electron chi connectivity index (χ3n) is 4.67. The van der Waals surface area contributed by atoms with Crippen molar-refractivity contribution in [1.29, 1.82) is 0 Å². The van der Waals surface area contributed by atoms with Gasteiger partial charge in [-0.1, -0.05) is 18.2 Å². The molecule has 7 heteroatoms. The van der Waals surface area contributed by atoms with Crippen LogP contribution in [0.2, 0.25) is 0 Å². The van der Waals surface area contributed by atoms with E-state index in [1.165, 1.54) is 12.1 Å². The lowest BCUT2D eigenvalue weighted by molar-refractivity contribution is -0.137. The molecule has 0 radical (unpaired) electrons. The fraction of sp³-hybridized carbons (Fsp3) is 0.611. The third kappa shape index (κ3) is 6.01. The van der Waals surface area contributed by atoms with Crippen molar-refractivity contribution in [2.45, 2.75) is 25.4 Å². The summed E-state index contributed by atoms with van der Waals surface area (Å²) in [6.45, 7) is 2.56. The van der Waals surface area contributed by atoms with Crippen molar-refractivity contribution in [3.63, 3.8) is 0 Å². The van der Waals surface area contributed by atoms with Gasteiger partial charge < -0.3 is 14.9 Å². The lowest BCUT2D eigenvalue weighted by Crippen LogP contribution is -2.42. The highest BCUT2D eigenvalue weighted by Crippen LogP contribution is 2.29. The molecule has 0 spiro atoms. The molecule has 0 bridgehead atoms. The largest absolute Gasteiger partial charge is 0.416 e. The number of likely N-dealkylation sites (N-methyl/N-ethyl adjacent to an activating group) is 1. The monoisotopic (exact) mass is 358 g/mol. The summed E-state index contributed by atoms with van der Waals surface area (Å²) in [6.07, 6.45) is -1.71. The van der Waals surface area contributed by atoms with Crippen LogP contribution in [0, 0.1) is 5.92 Å². The number of nitrogens with zero attached hydrogens (tertiary/aromatic N) is 2. The van der Waals surface area contributed by atoms with E-state index in [2.05, 4.69) is 4.90 Å². The average Bonchev–Trinajstić information content (AvgIpc) is 2.59. The number of likely N-dealkylation sites (tertiary alicyclic amines) is 1. The molecular formula is C18H25F3N2O2. The Labute approximate surface area is 146 Å². The number of aliphatic hydroxyl groups excluding tert-OH is 1. The van der Waals surface area contributed by atoms with Gasteiger partial charge >= 0.3 is 6.18 Å². The maximum absolute atomic E-state index is 12.8. The number of hydrogen-bond donors (Lipinski definition) is 1. The van der Waals surface area contributed by atoms with Crippen molar-refractivity contribution in [3.8, 4) is 0 Å². The fourth-order valence-corrected chi connectivity index (χ4v) is 3.30. The SMILES string of the molecule is CN(C[C@H]1CCCN(CCc2cccc(C(F)(F)F)c2)C1)C(=O)CO. The van der Waals surface area contributed by atoms with Gasteiger partial charge in [-0.3, -0.25) is 4.79 Å². The van der Waals surface area contributed by atoms with Crippen LogP contribution in [-0.4, -0.2) is 60.6 Å². The van der Waals surface area contributed by atoms with E-state index in [0.717, 1.165) is 32.0 Å². The topological polar surface area (TPSA) is 43.8 Å². The molecule has 1 fully saturated rings. The van der Waals surface area contributed by atoms with Gasteiger partial charge in [0.2, 0.25) is 5.91 Å². The minimum Gasteiger partial charge on any atom is -0.387 e. The standard InChI is InChI=1S/C18H25F3N2O2/c1-22(17(25)13-24)11-15-5-3-8-23(12-15)9-7-14-4-2-6-16(10-14)18(19,20)21/h2,4,6,10,15,24H,3,5,7-9,11-13H2,1H3/t15-/m1/s1. The van der Waals surface area contributed by atoms with E-state index in [-0.39, 0.29) is 5.91 Å². The van der Waals surface area contributed by atoms with Gasteiger partial charge in [-0.2, -0.15) is 13.2 Å². The van der Waals surface area contributed by atoms with Gasteiger partial charge in [-0.15, -0.1) is 0 Å². The molecule has 1 N–H and O–H groups in total. The van der Waals surface area contributed by atoms with Gasteiger partial charge in [0, 0.05) is 26.7 Å². The molecule has 4 nitrogen and oxygen atoms in total. The van der Waals surface area contributed by atoms with E-state index in [1.807, 2.05) is 0 Å². The molecule has 1 aromatic carbocycles. The molecule has 1 amide bonds. The molecule has 140 valence electrons. The Bertz CT molecular complexity index is 578. The molecule has 1 aliphatic rings. The Morgan fingerprint density at radius 2 is 2.16 bits per heavy atom. The van der Waals surface area contributed by atoms with Crippen molar-refractivity contribution < 1.29 is 23.1 Å². The number of hydrogen-bond acceptors (Lipinski definition) is 3. The average molecular weight is 358 g/mol. The molecule has 0 unspecified atom stereocenters. The first kappa shape index (κ1) is 19.7. The molecule has 1 heterocycles. The third-order valence-corrected chi connectivity index (χ3v) is 4.67. The van der Waals surface area contributed by atoms with Crippen molar-refractivity contribution in [2.75, 3.05) is 39.8 Å². The Morgan fingerprint density at radius 1 is 1.40 bits per heavy atom. The van der Waals surface area contributed by atoms with Crippen LogP contribution < -0.4 is 0 Å². The Morgan fingerprint density at radius 3 is 2.84 bits per heavy atom. The van der Waals surface area contributed by atoms with Crippen LogP contribution in [0.3, 0.4) is 0 Å². The van der Waals surface area contributed by atoms with Gasteiger partial charge in [0.1, 0.15) is 6.61 Å². The summed E-state index contributed by atoms with van der Waals surface area (Å²) in [4.78, 5) is 15.2. The summed E-state index contributed by atoms with van der Waals surface area (Å²) in [5.74, 6) is 0.0387. The summed E-state index contributed by atoms with van der Waals surface area (Å²) in [5, 5.41) is 8.89. The molecule has 0 aromatic heterocycles. The first-order chi connectivity index (χ1) is 11.8. The Kier molecular flexibility index (Phi) is 6.84. The van der Waals surface area contributed by atoms with Crippen LogP contribution in [0.15, 0.2) is 24.3 Å². The van der Waals surface area contributed by atoms with E-state index in [4.69, 9.17) is 5.11 Å². The van der Waals surface area contributed by atoms with Crippen LogP contribution in [0.4, 0.5) is 13.2 Å². The van der Waals surface area contributed by atoms with E-state index in [1.54, 1.807) is 18.0 Å². The minimum atomic E-state index is -4.31. The smallest absolute Gasteiger partial charge is 0.387 e. The number of rotatable bonds is 6. The summed E-state index contributed by atoms with van der Waals surface area (Å²) in [5.41, 5.74) is 0.0789. The zero-order chi connectivity index (χ0) is 18.4. The predicted octanol–water partition coefficient (Wildman–Crippen LogP) is 2.41. The van der Waals surface area contributed by atoms with Crippen LogP contribution in [-0.2, 0) is 17.4 Å². The number of halogens is 3. The molecule has 1 aromatic rings. The van der Waals surface area contributed by atoms with E-state index >= 15 is 0 Å². The molecule has 1 saturated heterocycles. The zero-order valence-electron chi connectivity index (χ0n) is 14.4. The number of piperidine rings is 1. The molecule has 0 saturated carbocycles. The molecule has 2 rings (SSSR count). The summed E-state index contributed by atoms with van der Waals surface area (Å²) in [6, 6.07) is 5.49. The maximum Gasteiger partial charge on any atom is 0.416 e. The van der Waals surface area contributed by atoms with Crippen LogP contribution >= 0.6 is 0 Å².